The highest BCUT2D eigenvalue weighted by Crippen LogP contribution is 2.32. The Bertz CT molecular complexity index is 978. The van der Waals surface area contributed by atoms with Crippen LogP contribution in [0, 0.1) is 11.3 Å². The number of anilines is 2. The molecule has 0 bridgehead atoms. The molecule has 1 aliphatic heterocycles. The highest BCUT2D eigenvalue weighted by molar-refractivity contribution is 7.92. The summed E-state index contributed by atoms with van der Waals surface area (Å²) in [5.41, 5.74) is 2.70. The summed E-state index contributed by atoms with van der Waals surface area (Å²) in [4.78, 5) is 14.6. The van der Waals surface area contributed by atoms with E-state index in [1.807, 2.05) is 37.3 Å². The summed E-state index contributed by atoms with van der Waals surface area (Å²) in [6.07, 6.45) is 1.82. The van der Waals surface area contributed by atoms with Crippen LogP contribution >= 0.6 is 0 Å². The van der Waals surface area contributed by atoms with Gasteiger partial charge in [0.15, 0.2) is 0 Å². The van der Waals surface area contributed by atoms with Gasteiger partial charge in [0, 0.05) is 11.7 Å². The summed E-state index contributed by atoms with van der Waals surface area (Å²) >= 11 is 0. The number of hydrogen-bond acceptors (Lipinski definition) is 4. The third-order valence-electron chi connectivity index (χ3n) is 4.44. The quantitative estimate of drug-likeness (QED) is 0.828. The van der Waals surface area contributed by atoms with Gasteiger partial charge >= 0.3 is 0 Å². The molecule has 26 heavy (non-hydrogen) atoms. The van der Waals surface area contributed by atoms with Crippen molar-refractivity contribution in [2.75, 3.05) is 22.0 Å². The normalized spacial score (nSPS) is 16.0. The Morgan fingerprint density at radius 2 is 1.88 bits per heavy atom. The van der Waals surface area contributed by atoms with Crippen LogP contribution in [0.15, 0.2) is 48.5 Å². The lowest BCUT2D eigenvalue weighted by molar-refractivity contribution is -0.117. The van der Waals surface area contributed by atoms with Gasteiger partial charge in [0.25, 0.3) is 0 Å². The van der Waals surface area contributed by atoms with Crippen LogP contribution in [-0.2, 0) is 21.2 Å². The van der Waals surface area contributed by atoms with Crippen molar-refractivity contribution in [3.63, 3.8) is 0 Å². The SMILES string of the molecule is CC1Cc2ccccc2N1C(=O)CN(c1ccc(C#N)cc1)S(C)(=O)=O. The largest absolute Gasteiger partial charge is 0.307 e. The molecular weight excluding hydrogens is 350 g/mol. The van der Waals surface area contributed by atoms with Crippen molar-refractivity contribution in [2.24, 2.45) is 0 Å². The van der Waals surface area contributed by atoms with Crippen molar-refractivity contribution in [2.45, 2.75) is 19.4 Å². The maximum absolute atomic E-state index is 12.9. The molecule has 134 valence electrons. The van der Waals surface area contributed by atoms with Gasteiger partial charge in [0.05, 0.1) is 23.6 Å². The van der Waals surface area contributed by atoms with Crippen molar-refractivity contribution >= 4 is 27.3 Å². The van der Waals surface area contributed by atoms with Crippen LogP contribution in [0.25, 0.3) is 0 Å². The van der Waals surface area contributed by atoms with Crippen LogP contribution in [0.2, 0.25) is 0 Å². The third-order valence-corrected chi connectivity index (χ3v) is 5.58. The molecule has 0 spiro atoms. The number of rotatable bonds is 4. The zero-order valence-electron chi connectivity index (χ0n) is 14.6. The van der Waals surface area contributed by atoms with E-state index < -0.39 is 10.0 Å². The molecule has 0 saturated carbocycles. The number of nitriles is 1. The van der Waals surface area contributed by atoms with E-state index in [1.165, 1.54) is 24.3 Å². The van der Waals surface area contributed by atoms with Gasteiger partial charge in [0.1, 0.15) is 6.54 Å². The second kappa shape index (κ2) is 6.81. The Balaban J connectivity index is 1.90. The first-order valence-corrected chi connectivity index (χ1v) is 10.0. The predicted octanol–water partition coefficient (Wildman–Crippen LogP) is 2.30. The van der Waals surface area contributed by atoms with E-state index in [2.05, 4.69) is 0 Å². The second-order valence-corrected chi connectivity index (χ2v) is 8.28. The molecule has 0 fully saturated rings. The first-order chi connectivity index (χ1) is 12.3. The molecule has 0 aromatic heterocycles. The number of para-hydroxylation sites is 1. The Labute approximate surface area is 153 Å². The van der Waals surface area contributed by atoms with E-state index in [0.717, 1.165) is 28.2 Å². The number of carbonyl (C=O) groups excluding carboxylic acids is 1. The molecule has 1 amide bonds. The first kappa shape index (κ1) is 18.0. The standard InChI is InChI=1S/C19H19N3O3S/c1-14-11-16-5-3-4-6-18(16)22(14)19(23)13-21(26(2,24)25)17-9-7-15(12-20)8-10-17/h3-10,14H,11,13H2,1-2H3. The first-order valence-electron chi connectivity index (χ1n) is 8.19. The van der Waals surface area contributed by atoms with Crippen molar-refractivity contribution < 1.29 is 13.2 Å². The fourth-order valence-electron chi connectivity index (χ4n) is 3.25. The molecule has 0 saturated heterocycles. The van der Waals surface area contributed by atoms with Gasteiger partial charge in [-0.05, 0) is 49.2 Å². The molecule has 0 aliphatic carbocycles. The van der Waals surface area contributed by atoms with Crippen LogP contribution in [0.3, 0.4) is 0 Å². The molecule has 0 N–H and O–H groups in total. The minimum absolute atomic E-state index is 0.0257. The van der Waals surface area contributed by atoms with E-state index >= 15 is 0 Å². The average molecular weight is 369 g/mol. The zero-order valence-corrected chi connectivity index (χ0v) is 15.4. The van der Waals surface area contributed by atoms with Gasteiger partial charge in [-0.3, -0.25) is 9.10 Å². The van der Waals surface area contributed by atoms with Crippen LogP contribution < -0.4 is 9.21 Å². The highest BCUT2D eigenvalue weighted by Gasteiger charge is 2.33. The van der Waals surface area contributed by atoms with E-state index in [9.17, 15) is 13.2 Å². The summed E-state index contributed by atoms with van der Waals surface area (Å²) in [6, 6.07) is 15.8. The Morgan fingerprint density at radius 3 is 2.50 bits per heavy atom. The summed E-state index contributed by atoms with van der Waals surface area (Å²) < 4.78 is 25.6. The smallest absolute Gasteiger partial charge is 0.248 e. The summed E-state index contributed by atoms with van der Waals surface area (Å²) in [5, 5.41) is 8.90. The molecule has 1 atom stereocenters. The van der Waals surface area contributed by atoms with E-state index in [1.54, 1.807) is 4.90 Å². The third kappa shape index (κ3) is 3.41. The number of benzene rings is 2. The van der Waals surface area contributed by atoms with Crippen LogP contribution in [-0.4, -0.2) is 33.2 Å². The van der Waals surface area contributed by atoms with Gasteiger partial charge in [-0.25, -0.2) is 8.42 Å². The molecule has 6 nitrogen and oxygen atoms in total. The Hall–Kier alpha value is -2.85. The number of nitrogens with zero attached hydrogens (tertiary/aromatic N) is 3. The average Bonchev–Trinajstić information content (AvgIpc) is 2.94. The van der Waals surface area contributed by atoms with E-state index in [4.69, 9.17) is 5.26 Å². The highest BCUT2D eigenvalue weighted by atomic mass is 32.2. The Morgan fingerprint density at radius 1 is 1.23 bits per heavy atom. The molecule has 1 heterocycles. The second-order valence-electron chi connectivity index (χ2n) is 6.37. The molecule has 1 aliphatic rings. The minimum Gasteiger partial charge on any atom is -0.307 e. The van der Waals surface area contributed by atoms with Crippen molar-refractivity contribution in [1.82, 2.24) is 0 Å². The van der Waals surface area contributed by atoms with Gasteiger partial charge in [-0.2, -0.15) is 5.26 Å². The van der Waals surface area contributed by atoms with Gasteiger partial charge < -0.3 is 4.90 Å². The summed E-state index contributed by atoms with van der Waals surface area (Å²) in [5.74, 6) is -0.280. The summed E-state index contributed by atoms with van der Waals surface area (Å²) in [7, 11) is -3.65. The van der Waals surface area contributed by atoms with E-state index in [-0.39, 0.29) is 18.5 Å². The van der Waals surface area contributed by atoms with Crippen LogP contribution in [0.1, 0.15) is 18.1 Å². The minimum atomic E-state index is -3.65. The molecular formula is C19H19N3O3S. The predicted molar refractivity (Wildman–Crippen MR) is 100 cm³/mol. The molecule has 2 aromatic rings. The topological polar surface area (TPSA) is 81.5 Å². The number of sulfonamides is 1. The van der Waals surface area contributed by atoms with Crippen LogP contribution in [0.5, 0.6) is 0 Å². The van der Waals surface area contributed by atoms with Gasteiger partial charge in [-0.15, -0.1) is 0 Å². The molecule has 3 rings (SSSR count). The lowest BCUT2D eigenvalue weighted by atomic mass is 10.1. The van der Waals surface area contributed by atoms with Crippen molar-refractivity contribution in [3.8, 4) is 6.07 Å². The fraction of sp³-hybridized carbons (Fsp3) is 0.263. The van der Waals surface area contributed by atoms with E-state index in [0.29, 0.717) is 11.3 Å². The van der Waals surface area contributed by atoms with Crippen molar-refractivity contribution in [1.29, 1.82) is 5.26 Å². The fourth-order valence-corrected chi connectivity index (χ4v) is 4.10. The number of hydrogen-bond donors (Lipinski definition) is 0. The summed E-state index contributed by atoms with van der Waals surface area (Å²) in [6.45, 7) is 1.66. The number of fused-ring (bicyclic) bond motifs is 1. The Kier molecular flexibility index (Phi) is 4.70. The molecule has 1 unspecified atom stereocenters. The maximum Gasteiger partial charge on any atom is 0.248 e. The number of amides is 1. The van der Waals surface area contributed by atoms with Gasteiger partial charge in [0.2, 0.25) is 15.9 Å². The molecule has 2 aromatic carbocycles. The van der Waals surface area contributed by atoms with Crippen molar-refractivity contribution in [3.05, 3.63) is 59.7 Å². The molecule has 0 radical (unpaired) electrons. The number of carbonyl (C=O) groups is 1. The van der Waals surface area contributed by atoms with Crippen LogP contribution in [0.4, 0.5) is 11.4 Å². The maximum atomic E-state index is 12.9. The lowest BCUT2D eigenvalue weighted by Gasteiger charge is -2.27. The lowest BCUT2D eigenvalue weighted by Crippen LogP contribution is -2.45. The molecule has 7 heteroatoms. The monoisotopic (exact) mass is 369 g/mol. The zero-order chi connectivity index (χ0) is 18.9. The van der Waals surface area contributed by atoms with Gasteiger partial charge in [-0.1, -0.05) is 18.2 Å².